The number of aryl methyl sites for hydroxylation is 1. The minimum atomic E-state index is 0.141. The van der Waals surface area contributed by atoms with E-state index < -0.39 is 0 Å². The lowest BCUT2D eigenvalue weighted by molar-refractivity contribution is 0.138. The van der Waals surface area contributed by atoms with Gasteiger partial charge in [-0.05, 0) is 18.1 Å². The van der Waals surface area contributed by atoms with E-state index in [1.807, 2.05) is 12.1 Å². The summed E-state index contributed by atoms with van der Waals surface area (Å²) in [5, 5.41) is 0. The molecule has 1 atom stereocenters. The van der Waals surface area contributed by atoms with Gasteiger partial charge in [0.15, 0.2) is 0 Å². The number of nitrogens with zero attached hydrogens (tertiary/aromatic N) is 1. The molecule has 1 saturated heterocycles. The van der Waals surface area contributed by atoms with Crippen LogP contribution in [-0.4, -0.2) is 24.3 Å². The van der Waals surface area contributed by atoms with Crippen molar-refractivity contribution in [2.45, 2.75) is 31.7 Å². The fraction of sp³-hybridized carbons (Fsp3) is 0.583. The molecule has 0 aromatic carbocycles. The van der Waals surface area contributed by atoms with E-state index in [1.54, 1.807) is 0 Å². The van der Waals surface area contributed by atoms with Gasteiger partial charge >= 0.3 is 0 Å². The van der Waals surface area contributed by atoms with Gasteiger partial charge in [0.05, 0.1) is 13.2 Å². The third-order valence-electron chi connectivity index (χ3n) is 2.61. The third-order valence-corrected chi connectivity index (χ3v) is 2.92. The van der Waals surface area contributed by atoms with Gasteiger partial charge in [-0.15, -0.1) is 11.6 Å². The molecule has 0 saturated carbocycles. The second kappa shape index (κ2) is 5.51. The predicted octanol–water partition coefficient (Wildman–Crippen LogP) is 2.55. The molecule has 1 aliphatic rings. The van der Waals surface area contributed by atoms with Crippen molar-refractivity contribution in [2.75, 3.05) is 13.2 Å². The van der Waals surface area contributed by atoms with Crippen molar-refractivity contribution in [1.29, 1.82) is 0 Å². The van der Waals surface area contributed by atoms with Gasteiger partial charge in [0.1, 0.15) is 6.10 Å². The third kappa shape index (κ3) is 2.86. The van der Waals surface area contributed by atoms with Crippen LogP contribution in [0.3, 0.4) is 0 Å². The molecule has 0 spiro atoms. The smallest absolute Gasteiger partial charge is 0.214 e. The maximum Gasteiger partial charge on any atom is 0.214 e. The summed E-state index contributed by atoms with van der Waals surface area (Å²) < 4.78 is 11.0. The second-order valence-electron chi connectivity index (χ2n) is 3.90. The molecule has 2 rings (SSSR count). The lowest BCUT2D eigenvalue weighted by Crippen LogP contribution is -2.16. The molecule has 1 aromatic heterocycles. The maximum atomic E-state index is 5.84. The summed E-state index contributed by atoms with van der Waals surface area (Å²) in [5.74, 6) is 1.16. The Labute approximate surface area is 101 Å². The zero-order valence-corrected chi connectivity index (χ0v) is 10.2. The Morgan fingerprint density at radius 2 is 2.44 bits per heavy atom. The van der Waals surface area contributed by atoms with Crippen LogP contribution in [-0.2, 0) is 17.0 Å². The zero-order chi connectivity index (χ0) is 11.4. The van der Waals surface area contributed by atoms with Gasteiger partial charge in [0.2, 0.25) is 5.88 Å². The molecule has 1 aliphatic heterocycles. The van der Waals surface area contributed by atoms with Crippen LogP contribution in [0.1, 0.15) is 24.6 Å². The molecular formula is C12H16ClNO2. The Kier molecular flexibility index (Phi) is 4.02. The van der Waals surface area contributed by atoms with Crippen LogP contribution in [0.4, 0.5) is 0 Å². The maximum absolute atomic E-state index is 5.84. The molecule has 0 aliphatic carbocycles. The summed E-state index contributed by atoms with van der Waals surface area (Å²) in [6.07, 6.45) is 1.97. The minimum absolute atomic E-state index is 0.141. The molecule has 0 N–H and O–H groups in total. The Morgan fingerprint density at radius 1 is 1.56 bits per heavy atom. The van der Waals surface area contributed by atoms with E-state index in [4.69, 9.17) is 21.1 Å². The molecule has 1 fully saturated rings. The van der Waals surface area contributed by atoms with Crippen LogP contribution in [0.25, 0.3) is 0 Å². The highest BCUT2D eigenvalue weighted by Crippen LogP contribution is 2.18. The number of halogens is 1. The van der Waals surface area contributed by atoms with Gasteiger partial charge in [-0.2, -0.15) is 0 Å². The Morgan fingerprint density at radius 3 is 3.06 bits per heavy atom. The van der Waals surface area contributed by atoms with E-state index in [1.165, 1.54) is 0 Å². The first-order chi connectivity index (χ1) is 7.81. The number of alkyl halides is 1. The summed E-state index contributed by atoms with van der Waals surface area (Å²) in [6, 6.07) is 3.93. The van der Waals surface area contributed by atoms with Crippen LogP contribution >= 0.6 is 11.6 Å². The highest BCUT2D eigenvalue weighted by Gasteiger charge is 2.18. The average molecular weight is 242 g/mol. The molecule has 0 amide bonds. The van der Waals surface area contributed by atoms with Gasteiger partial charge in [0.25, 0.3) is 0 Å². The molecule has 0 bridgehead atoms. The minimum Gasteiger partial charge on any atom is -0.472 e. The van der Waals surface area contributed by atoms with Gasteiger partial charge in [-0.1, -0.05) is 6.92 Å². The first-order valence-corrected chi connectivity index (χ1v) is 6.15. The second-order valence-corrected chi connectivity index (χ2v) is 4.16. The van der Waals surface area contributed by atoms with Crippen LogP contribution in [0.2, 0.25) is 0 Å². The van der Waals surface area contributed by atoms with Crippen LogP contribution in [0.15, 0.2) is 12.1 Å². The van der Waals surface area contributed by atoms with Crippen molar-refractivity contribution in [1.82, 2.24) is 4.98 Å². The quantitative estimate of drug-likeness (QED) is 0.760. The summed E-state index contributed by atoms with van der Waals surface area (Å²) in [5.41, 5.74) is 2.08. The summed E-state index contributed by atoms with van der Waals surface area (Å²) >= 11 is 5.84. The average Bonchev–Trinajstić information content (AvgIpc) is 2.81. The number of pyridine rings is 1. The SMILES string of the molecule is CCc1cc(CCl)cc(OC2CCOC2)n1. The molecule has 3 nitrogen and oxygen atoms in total. The summed E-state index contributed by atoms with van der Waals surface area (Å²) in [7, 11) is 0. The topological polar surface area (TPSA) is 31.4 Å². The van der Waals surface area contributed by atoms with Crippen molar-refractivity contribution in [3.8, 4) is 5.88 Å². The zero-order valence-electron chi connectivity index (χ0n) is 9.41. The van der Waals surface area contributed by atoms with E-state index in [-0.39, 0.29) is 6.10 Å². The summed E-state index contributed by atoms with van der Waals surface area (Å²) in [4.78, 5) is 4.43. The number of hydrogen-bond acceptors (Lipinski definition) is 3. The van der Waals surface area contributed by atoms with E-state index in [0.29, 0.717) is 18.4 Å². The normalized spacial score (nSPS) is 20.0. The van der Waals surface area contributed by atoms with Crippen LogP contribution in [0, 0.1) is 0 Å². The van der Waals surface area contributed by atoms with E-state index in [2.05, 4.69) is 11.9 Å². The first-order valence-electron chi connectivity index (χ1n) is 5.62. The van der Waals surface area contributed by atoms with Crippen molar-refractivity contribution in [3.05, 3.63) is 23.4 Å². The molecule has 0 radical (unpaired) electrons. The molecule has 1 unspecified atom stereocenters. The monoisotopic (exact) mass is 241 g/mol. The fourth-order valence-corrected chi connectivity index (χ4v) is 1.87. The lowest BCUT2D eigenvalue weighted by Gasteiger charge is -2.12. The first kappa shape index (κ1) is 11.7. The van der Waals surface area contributed by atoms with Crippen LogP contribution in [0.5, 0.6) is 5.88 Å². The number of hydrogen-bond donors (Lipinski definition) is 0. The van der Waals surface area contributed by atoms with E-state index in [0.717, 1.165) is 30.7 Å². The standard InChI is InChI=1S/C12H16ClNO2/c1-2-10-5-9(7-13)6-12(14-10)16-11-3-4-15-8-11/h5-6,11H,2-4,7-8H2,1H3. The van der Waals surface area contributed by atoms with Crippen molar-refractivity contribution >= 4 is 11.6 Å². The van der Waals surface area contributed by atoms with E-state index >= 15 is 0 Å². The van der Waals surface area contributed by atoms with Crippen LogP contribution < -0.4 is 4.74 Å². The van der Waals surface area contributed by atoms with Crippen molar-refractivity contribution in [3.63, 3.8) is 0 Å². The Hall–Kier alpha value is -0.800. The van der Waals surface area contributed by atoms with Gasteiger partial charge in [-0.25, -0.2) is 4.98 Å². The number of ether oxygens (including phenoxy) is 2. The predicted molar refractivity (Wildman–Crippen MR) is 63.0 cm³/mol. The molecule has 2 heterocycles. The number of aromatic nitrogens is 1. The fourth-order valence-electron chi connectivity index (χ4n) is 1.72. The Balaban J connectivity index is 2.12. The largest absolute Gasteiger partial charge is 0.472 e. The summed E-state index contributed by atoms with van der Waals surface area (Å²) in [6.45, 7) is 3.51. The van der Waals surface area contributed by atoms with Gasteiger partial charge in [0, 0.05) is 24.1 Å². The van der Waals surface area contributed by atoms with Crippen molar-refractivity contribution < 1.29 is 9.47 Å². The molecule has 88 valence electrons. The highest BCUT2D eigenvalue weighted by molar-refractivity contribution is 6.17. The van der Waals surface area contributed by atoms with Gasteiger partial charge in [-0.3, -0.25) is 0 Å². The molecular weight excluding hydrogens is 226 g/mol. The van der Waals surface area contributed by atoms with Gasteiger partial charge < -0.3 is 9.47 Å². The lowest BCUT2D eigenvalue weighted by atomic mass is 10.2. The molecule has 16 heavy (non-hydrogen) atoms. The number of rotatable bonds is 4. The van der Waals surface area contributed by atoms with Crippen molar-refractivity contribution in [2.24, 2.45) is 0 Å². The highest BCUT2D eigenvalue weighted by atomic mass is 35.5. The molecule has 4 heteroatoms. The Bertz CT molecular complexity index is 329. The van der Waals surface area contributed by atoms with E-state index in [9.17, 15) is 0 Å². The molecule has 1 aromatic rings.